The summed E-state index contributed by atoms with van der Waals surface area (Å²) in [5, 5.41) is 19.4. The standard InChI is InChI=1S/C24H19NO4.CHF3O3S/c1-25-19(11-7-17-9-13-21(26)23(15-17)28-2)5-4-6-20(25)12-8-18-10-14-22(27)24(16-18)29-3;2-1(3,4)8(5,6)7/h4-6,9-10,13-16H,1-3H3,(H,26,27);(H,5,6,7). The van der Waals surface area contributed by atoms with E-state index in [-0.39, 0.29) is 11.5 Å². The number of methoxy groups -OCH3 is 2. The Morgan fingerprint density at radius 2 is 1.19 bits per heavy atom. The molecular formula is C25H20F3NO7S. The van der Waals surface area contributed by atoms with Gasteiger partial charge in [-0.2, -0.15) is 17.7 Å². The number of benzene rings is 2. The average Bonchev–Trinajstić information content (AvgIpc) is 2.83. The third-order valence-electron chi connectivity index (χ3n) is 4.54. The molecule has 0 bridgehead atoms. The van der Waals surface area contributed by atoms with Gasteiger partial charge in [-0.1, -0.05) is 11.8 Å². The zero-order valence-electron chi connectivity index (χ0n) is 19.6. The summed E-state index contributed by atoms with van der Waals surface area (Å²) in [6, 6.07) is 15.6. The Hall–Kier alpha value is -4.39. The van der Waals surface area contributed by atoms with E-state index in [4.69, 9.17) is 22.4 Å². The summed E-state index contributed by atoms with van der Waals surface area (Å²) in [6.07, 6.45) is 0. The zero-order valence-corrected chi connectivity index (χ0v) is 20.4. The number of hydrogen-bond acceptors (Lipinski definition) is 7. The molecule has 2 aromatic carbocycles. The largest absolute Gasteiger partial charge is 0.741 e. The number of pyridine rings is 1. The van der Waals surface area contributed by atoms with Crippen LogP contribution >= 0.6 is 0 Å². The maximum atomic E-state index is 10.7. The maximum absolute atomic E-state index is 10.7. The summed E-state index contributed by atoms with van der Waals surface area (Å²) in [4.78, 5) is 0. The Balaban J connectivity index is 0.000000521. The molecule has 0 amide bonds. The predicted octanol–water partition coefficient (Wildman–Crippen LogP) is 2.79. The molecule has 0 atom stereocenters. The second kappa shape index (κ2) is 12.0. The first kappa shape index (κ1) is 28.8. The molecule has 194 valence electrons. The minimum Gasteiger partial charge on any atom is -0.741 e. The van der Waals surface area contributed by atoms with Crippen molar-refractivity contribution < 1.29 is 50.4 Å². The third-order valence-corrected chi connectivity index (χ3v) is 5.11. The molecule has 0 aliphatic heterocycles. The molecule has 0 radical (unpaired) electrons. The summed E-state index contributed by atoms with van der Waals surface area (Å²) in [5.41, 5.74) is -2.62. The number of halogens is 3. The highest BCUT2D eigenvalue weighted by molar-refractivity contribution is 7.86. The Bertz CT molecular complexity index is 1420. The van der Waals surface area contributed by atoms with Crippen molar-refractivity contribution in [3.63, 3.8) is 0 Å². The molecule has 1 heterocycles. The number of aromatic hydroxyl groups is 2. The van der Waals surface area contributed by atoms with E-state index in [2.05, 4.69) is 23.7 Å². The number of rotatable bonds is 2. The molecule has 0 aliphatic rings. The molecule has 8 nitrogen and oxygen atoms in total. The molecule has 3 aromatic rings. The van der Waals surface area contributed by atoms with Gasteiger partial charge in [-0.15, -0.1) is 0 Å². The van der Waals surface area contributed by atoms with Gasteiger partial charge in [-0.05, 0) is 42.5 Å². The molecule has 0 spiro atoms. The lowest BCUT2D eigenvalue weighted by molar-refractivity contribution is -0.676. The first-order chi connectivity index (χ1) is 17.3. The second-order valence-electron chi connectivity index (χ2n) is 7.03. The van der Waals surface area contributed by atoms with Crippen LogP contribution in [0.5, 0.6) is 23.0 Å². The van der Waals surface area contributed by atoms with Gasteiger partial charge in [0.25, 0.3) is 11.4 Å². The van der Waals surface area contributed by atoms with E-state index < -0.39 is 15.6 Å². The average molecular weight is 535 g/mol. The van der Waals surface area contributed by atoms with Crippen molar-refractivity contribution >= 4 is 10.1 Å². The molecule has 1 aromatic heterocycles. The predicted molar refractivity (Wildman–Crippen MR) is 125 cm³/mol. The van der Waals surface area contributed by atoms with Crippen LogP contribution in [0.15, 0.2) is 54.6 Å². The van der Waals surface area contributed by atoms with Gasteiger partial charge in [-0.25, -0.2) is 8.42 Å². The summed E-state index contributed by atoms with van der Waals surface area (Å²) < 4.78 is 71.0. The fourth-order valence-electron chi connectivity index (χ4n) is 2.62. The maximum Gasteiger partial charge on any atom is 0.485 e. The minimum absolute atomic E-state index is 0.0757. The van der Waals surface area contributed by atoms with Crippen molar-refractivity contribution in [3.05, 3.63) is 77.1 Å². The zero-order chi connectivity index (χ0) is 27.8. The third kappa shape index (κ3) is 8.07. The molecule has 0 fully saturated rings. The van der Waals surface area contributed by atoms with Gasteiger partial charge >= 0.3 is 5.51 Å². The summed E-state index contributed by atoms with van der Waals surface area (Å²) in [5.74, 6) is 13.3. The fourth-order valence-corrected chi connectivity index (χ4v) is 2.62. The van der Waals surface area contributed by atoms with E-state index in [1.807, 2.05) is 29.8 Å². The number of aromatic nitrogens is 1. The van der Waals surface area contributed by atoms with Crippen LogP contribution in [0.25, 0.3) is 0 Å². The van der Waals surface area contributed by atoms with Crippen molar-refractivity contribution in [2.75, 3.05) is 14.2 Å². The lowest BCUT2D eigenvalue weighted by atomic mass is 10.2. The Labute approximate surface area is 211 Å². The van der Waals surface area contributed by atoms with Crippen LogP contribution in [0.4, 0.5) is 13.2 Å². The molecule has 0 saturated carbocycles. The number of ether oxygens (including phenoxy) is 2. The van der Waals surface area contributed by atoms with Crippen LogP contribution in [0.2, 0.25) is 0 Å². The lowest BCUT2D eigenvalue weighted by Gasteiger charge is -2.08. The summed E-state index contributed by atoms with van der Waals surface area (Å²) in [6.45, 7) is 0. The quantitative estimate of drug-likeness (QED) is 0.224. The van der Waals surface area contributed by atoms with Crippen LogP contribution < -0.4 is 14.0 Å². The Morgan fingerprint density at radius 3 is 1.51 bits per heavy atom. The van der Waals surface area contributed by atoms with Crippen LogP contribution in [0.1, 0.15) is 22.5 Å². The van der Waals surface area contributed by atoms with Crippen molar-refractivity contribution in [3.8, 4) is 46.7 Å². The monoisotopic (exact) mass is 535 g/mol. The van der Waals surface area contributed by atoms with Crippen LogP contribution in [-0.2, 0) is 17.2 Å². The molecule has 0 unspecified atom stereocenters. The molecule has 37 heavy (non-hydrogen) atoms. The van der Waals surface area contributed by atoms with E-state index in [0.717, 1.165) is 22.5 Å². The van der Waals surface area contributed by atoms with Crippen LogP contribution in [0, 0.1) is 23.7 Å². The Kier molecular flexibility index (Phi) is 9.38. The fraction of sp³-hybridized carbons (Fsp3) is 0.160. The van der Waals surface area contributed by atoms with E-state index >= 15 is 0 Å². The SMILES string of the molecule is COc1cc(C#Cc2cccc(C#Cc3ccc(O)c(OC)c3)[n+]2C)ccc1O.O=S(=O)([O-])C(F)(F)F. The van der Waals surface area contributed by atoms with Crippen LogP contribution in [-0.4, -0.2) is 42.9 Å². The number of phenolic OH excluding ortho intramolecular Hbond substituents is 2. The summed E-state index contributed by atoms with van der Waals surface area (Å²) >= 11 is 0. The highest BCUT2D eigenvalue weighted by atomic mass is 32.2. The van der Waals surface area contributed by atoms with E-state index in [0.29, 0.717) is 11.5 Å². The molecule has 12 heteroatoms. The normalized spacial score (nSPS) is 10.6. The first-order valence-electron chi connectivity index (χ1n) is 10.1. The van der Waals surface area contributed by atoms with Gasteiger partial charge in [0, 0.05) is 35.1 Å². The molecule has 2 N–H and O–H groups in total. The molecular weight excluding hydrogens is 515 g/mol. The van der Waals surface area contributed by atoms with Gasteiger partial charge in [0.05, 0.1) is 14.2 Å². The number of phenols is 2. The first-order valence-corrected chi connectivity index (χ1v) is 11.5. The minimum atomic E-state index is -6.09. The van der Waals surface area contributed by atoms with Gasteiger partial charge in [-0.3, -0.25) is 0 Å². The molecule has 0 saturated heterocycles. The number of hydrogen-bond donors (Lipinski definition) is 2. The highest BCUT2D eigenvalue weighted by Gasteiger charge is 2.36. The van der Waals surface area contributed by atoms with E-state index in [1.165, 1.54) is 14.2 Å². The molecule has 3 rings (SSSR count). The van der Waals surface area contributed by atoms with Gasteiger partial charge < -0.3 is 24.2 Å². The van der Waals surface area contributed by atoms with Crippen molar-refractivity contribution in [1.82, 2.24) is 0 Å². The number of alkyl halides is 3. The van der Waals surface area contributed by atoms with E-state index in [1.54, 1.807) is 36.4 Å². The topological polar surface area (TPSA) is 120 Å². The summed E-state index contributed by atoms with van der Waals surface area (Å²) in [7, 11) is -1.20. The number of nitrogens with zero attached hydrogens (tertiary/aromatic N) is 1. The van der Waals surface area contributed by atoms with Crippen LogP contribution in [0.3, 0.4) is 0 Å². The highest BCUT2D eigenvalue weighted by Crippen LogP contribution is 2.26. The van der Waals surface area contributed by atoms with Gasteiger partial charge in [0.1, 0.15) is 7.05 Å². The van der Waals surface area contributed by atoms with Crippen molar-refractivity contribution in [1.29, 1.82) is 0 Å². The lowest BCUT2D eigenvalue weighted by Crippen LogP contribution is -2.36. The smallest absolute Gasteiger partial charge is 0.485 e. The van der Waals surface area contributed by atoms with Crippen molar-refractivity contribution in [2.45, 2.75) is 5.51 Å². The molecule has 0 aliphatic carbocycles. The van der Waals surface area contributed by atoms with E-state index in [9.17, 15) is 23.4 Å². The van der Waals surface area contributed by atoms with Crippen molar-refractivity contribution in [2.24, 2.45) is 7.05 Å². The Morgan fingerprint density at radius 1 is 0.811 bits per heavy atom. The van der Waals surface area contributed by atoms with Gasteiger partial charge in [0.15, 0.2) is 33.1 Å². The van der Waals surface area contributed by atoms with Gasteiger partial charge in [0.2, 0.25) is 0 Å². The second-order valence-corrected chi connectivity index (χ2v) is 8.40.